The Morgan fingerprint density at radius 3 is 2.09 bits per heavy atom. The third-order valence-corrected chi connectivity index (χ3v) is 5.19. The van der Waals surface area contributed by atoms with Gasteiger partial charge in [0.25, 0.3) is 0 Å². The number of hydrogen-bond acceptors (Lipinski definition) is 1. The molecule has 3 rings (SSSR count). The van der Waals surface area contributed by atoms with Crippen LogP contribution in [0.2, 0.25) is 5.02 Å². The zero-order valence-electron chi connectivity index (χ0n) is 13.1. The molecule has 1 aliphatic rings. The highest BCUT2D eigenvalue weighted by Crippen LogP contribution is 2.47. The average molecular weight is 336 g/mol. The van der Waals surface area contributed by atoms with Crippen molar-refractivity contribution in [3.05, 3.63) is 70.7 Å². The van der Waals surface area contributed by atoms with Crippen molar-refractivity contribution in [1.82, 2.24) is 4.90 Å². The van der Waals surface area contributed by atoms with Crippen molar-refractivity contribution in [3.63, 3.8) is 0 Å². The Hall–Kier alpha value is -1.02. The first-order valence-corrected chi connectivity index (χ1v) is 7.98. The van der Waals surface area contributed by atoms with Gasteiger partial charge in [0.2, 0.25) is 0 Å². The van der Waals surface area contributed by atoms with E-state index in [1.165, 1.54) is 30.4 Å². The SMILES string of the molecule is CN(C)C1CCC(c2ccccc2)(c2ccc(Cl)cc2)C1.Cl. The molecular weight excluding hydrogens is 313 g/mol. The van der Waals surface area contributed by atoms with Crippen molar-refractivity contribution >= 4 is 24.0 Å². The lowest BCUT2D eigenvalue weighted by Gasteiger charge is -2.32. The largest absolute Gasteiger partial charge is 0.306 e. The Labute approximate surface area is 144 Å². The van der Waals surface area contributed by atoms with Gasteiger partial charge in [0, 0.05) is 16.5 Å². The highest BCUT2D eigenvalue weighted by molar-refractivity contribution is 6.30. The molecule has 0 heterocycles. The van der Waals surface area contributed by atoms with Crippen LogP contribution in [0.15, 0.2) is 54.6 Å². The molecule has 0 aliphatic heterocycles. The summed E-state index contributed by atoms with van der Waals surface area (Å²) in [6.45, 7) is 0. The highest BCUT2D eigenvalue weighted by atomic mass is 35.5. The molecule has 0 N–H and O–H groups in total. The van der Waals surface area contributed by atoms with Gasteiger partial charge in [0.15, 0.2) is 0 Å². The number of nitrogens with zero attached hydrogens (tertiary/aromatic N) is 1. The molecule has 1 fully saturated rings. The van der Waals surface area contributed by atoms with E-state index in [9.17, 15) is 0 Å². The lowest BCUT2D eigenvalue weighted by molar-refractivity contribution is 0.289. The van der Waals surface area contributed by atoms with Gasteiger partial charge in [0.05, 0.1) is 0 Å². The van der Waals surface area contributed by atoms with Gasteiger partial charge in [-0.25, -0.2) is 0 Å². The second kappa shape index (κ2) is 7.04. The fraction of sp³-hybridized carbons (Fsp3) is 0.368. The Kier molecular flexibility index (Phi) is 5.55. The number of hydrogen-bond donors (Lipinski definition) is 0. The molecule has 0 radical (unpaired) electrons. The van der Waals surface area contributed by atoms with E-state index in [2.05, 4.69) is 61.5 Å². The Balaban J connectivity index is 0.00000176. The van der Waals surface area contributed by atoms with Crippen molar-refractivity contribution in [3.8, 4) is 0 Å². The van der Waals surface area contributed by atoms with Crippen LogP contribution in [-0.2, 0) is 5.41 Å². The summed E-state index contributed by atoms with van der Waals surface area (Å²) in [6, 6.07) is 20.0. The standard InChI is InChI=1S/C19H22ClN.ClH/c1-21(2)18-12-13-19(14-18,15-6-4-3-5-7-15)16-8-10-17(20)11-9-16;/h3-11,18H,12-14H2,1-2H3;1H. The van der Waals surface area contributed by atoms with Crippen molar-refractivity contribution in [2.24, 2.45) is 0 Å². The van der Waals surface area contributed by atoms with Crippen LogP contribution in [-0.4, -0.2) is 25.0 Å². The van der Waals surface area contributed by atoms with Gasteiger partial charge in [-0.1, -0.05) is 54.1 Å². The van der Waals surface area contributed by atoms with E-state index < -0.39 is 0 Å². The molecule has 22 heavy (non-hydrogen) atoms. The first-order valence-electron chi connectivity index (χ1n) is 7.60. The van der Waals surface area contributed by atoms with E-state index >= 15 is 0 Å². The van der Waals surface area contributed by atoms with Gasteiger partial charge >= 0.3 is 0 Å². The molecule has 0 aromatic heterocycles. The minimum atomic E-state index is 0. The summed E-state index contributed by atoms with van der Waals surface area (Å²) in [7, 11) is 4.38. The molecule has 1 aliphatic carbocycles. The topological polar surface area (TPSA) is 3.24 Å². The first kappa shape index (κ1) is 17.3. The van der Waals surface area contributed by atoms with E-state index in [0.29, 0.717) is 6.04 Å². The maximum atomic E-state index is 6.08. The fourth-order valence-corrected chi connectivity index (χ4v) is 3.80. The van der Waals surface area contributed by atoms with Crippen molar-refractivity contribution in [2.75, 3.05) is 14.1 Å². The second-order valence-corrected chi connectivity index (χ2v) is 6.75. The minimum Gasteiger partial charge on any atom is -0.306 e. The maximum Gasteiger partial charge on any atom is 0.0406 e. The van der Waals surface area contributed by atoms with Gasteiger partial charge < -0.3 is 4.90 Å². The van der Waals surface area contributed by atoms with E-state index in [1.54, 1.807) is 0 Å². The zero-order valence-corrected chi connectivity index (χ0v) is 14.7. The van der Waals surface area contributed by atoms with E-state index in [1.807, 2.05) is 12.1 Å². The molecule has 0 amide bonds. The molecule has 3 heteroatoms. The maximum absolute atomic E-state index is 6.08. The summed E-state index contributed by atoms with van der Waals surface area (Å²) in [5.74, 6) is 0. The lowest BCUT2D eigenvalue weighted by Crippen LogP contribution is -2.30. The zero-order chi connectivity index (χ0) is 14.9. The lowest BCUT2D eigenvalue weighted by atomic mass is 9.73. The normalized spacial score (nSPS) is 24.3. The second-order valence-electron chi connectivity index (χ2n) is 6.32. The van der Waals surface area contributed by atoms with Crippen LogP contribution < -0.4 is 0 Å². The fourth-order valence-electron chi connectivity index (χ4n) is 3.68. The molecule has 0 saturated heterocycles. The third-order valence-electron chi connectivity index (χ3n) is 4.94. The van der Waals surface area contributed by atoms with Gasteiger partial charge in [-0.3, -0.25) is 0 Å². The number of benzene rings is 2. The van der Waals surface area contributed by atoms with Crippen LogP contribution in [0.4, 0.5) is 0 Å². The number of rotatable bonds is 3. The average Bonchev–Trinajstić information content (AvgIpc) is 2.96. The van der Waals surface area contributed by atoms with Crippen LogP contribution in [0.5, 0.6) is 0 Å². The van der Waals surface area contributed by atoms with Crippen molar-refractivity contribution < 1.29 is 0 Å². The Morgan fingerprint density at radius 2 is 1.55 bits per heavy atom. The van der Waals surface area contributed by atoms with Gasteiger partial charge in [0.1, 0.15) is 0 Å². The molecular formula is C19H23Cl2N. The highest BCUT2D eigenvalue weighted by Gasteiger charge is 2.42. The summed E-state index contributed by atoms with van der Waals surface area (Å²) >= 11 is 6.08. The monoisotopic (exact) mass is 335 g/mol. The van der Waals surface area contributed by atoms with Crippen molar-refractivity contribution in [1.29, 1.82) is 0 Å². The summed E-state index contributed by atoms with van der Waals surface area (Å²) in [5, 5.41) is 0.809. The first-order chi connectivity index (χ1) is 10.1. The molecule has 2 aromatic carbocycles. The number of halogens is 2. The Bertz CT molecular complexity index is 595. The van der Waals surface area contributed by atoms with E-state index in [-0.39, 0.29) is 17.8 Å². The van der Waals surface area contributed by atoms with Gasteiger partial charge in [-0.2, -0.15) is 0 Å². The van der Waals surface area contributed by atoms with Crippen LogP contribution in [0.1, 0.15) is 30.4 Å². The van der Waals surface area contributed by atoms with E-state index in [0.717, 1.165) is 5.02 Å². The van der Waals surface area contributed by atoms with Crippen molar-refractivity contribution in [2.45, 2.75) is 30.7 Å². The molecule has 2 aromatic rings. The minimum absolute atomic E-state index is 0. The molecule has 118 valence electrons. The molecule has 0 bridgehead atoms. The molecule has 2 unspecified atom stereocenters. The summed E-state index contributed by atoms with van der Waals surface area (Å²) in [5.41, 5.74) is 2.94. The molecule has 1 nitrogen and oxygen atoms in total. The van der Waals surface area contributed by atoms with Crippen LogP contribution in [0, 0.1) is 0 Å². The van der Waals surface area contributed by atoms with Crippen LogP contribution in [0.3, 0.4) is 0 Å². The molecule has 1 saturated carbocycles. The molecule has 2 atom stereocenters. The third kappa shape index (κ3) is 3.17. The van der Waals surface area contributed by atoms with Gasteiger partial charge in [-0.05, 0) is 56.6 Å². The van der Waals surface area contributed by atoms with E-state index in [4.69, 9.17) is 11.6 Å². The van der Waals surface area contributed by atoms with Crippen LogP contribution >= 0.6 is 24.0 Å². The Morgan fingerprint density at radius 1 is 0.955 bits per heavy atom. The summed E-state index contributed by atoms with van der Waals surface area (Å²) < 4.78 is 0. The predicted octanol–water partition coefficient (Wildman–Crippen LogP) is 5.16. The quantitative estimate of drug-likeness (QED) is 0.748. The van der Waals surface area contributed by atoms with Crippen LogP contribution in [0.25, 0.3) is 0 Å². The predicted molar refractivity (Wildman–Crippen MR) is 97.2 cm³/mol. The summed E-state index contributed by atoms with van der Waals surface area (Å²) in [4.78, 5) is 2.36. The molecule has 0 spiro atoms. The van der Waals surface area contributed by atoms with Gasteiger partial charge in [-0.15, -0.1) is 12.4 Å². The summed E-state index contributed by atoms with van der Waals surface area (Å²) in [6.07, 6.45) is 3.61. The smallest absolute Gasteiger partial charge is 0.0406 e.